The summed E-state index contributed by atoms with van der Waals surface area (Å²) in [7, 11) is 0. The van der Waals surface area contributed by atoms with Crippen LogP contribution < -0.4 is 0 Å². The molecule has 1 saturated carbocycles. The molecule has 3 nitrogen and oxygen atoms in total. The van der Waals surface area contributed by atoms with Crippen LogP contribution in [0.3, 0.4) is 0 Å². The summed E-state index contributed by atoms with van der Waals surface area (Å²) in [6, 6.07) is 2.15. The third-order valence-electron chi connectivity index (χ3n) is 2.87. The van der Waals surface area contributed by atoms with Crippen LogP contribution in [0.4, 0.5) is 0 Å². The number of nitrogens with zero attached hydrogens (tertiary/aromatic N) is 1. The number of halogens is 1. The summed E-state index contributed by atoms with van der Waals surface area (Å²) in [5.74, 6) is 1.32. The van der Waals surface area contributed by atoms with E-state index < -0.39 is 0 Å². The molecule has 4 heteroatoms. The molecule has 0 aromatic carbocycles. The molecule has 88 valence electrons. The van der Waals surface area contributed by atoms with Crippen molar-refractivity contribution in [2.24, 2.45) is 0 Å². The van der Waals surface area contributed by atoms with Crippen molar-refractivity contribution in [1.29, 1.82) is 0 Å². The Labute approximate surface area is 100 Å². The largest absolute Gasteiger partial charge is 0.469 e. The van der Waals surface area contributed by atoms with Crippen molar-refractivity contribution in [2.45, 2.75) is 32.2 Å². The zero-order chi connectivity index (χ0) is 11.5. The number of amides is 1. The number of carbonyl (C=O) groups is 1. The first-order chi connectivity index (χ1) is 7.77. The van der Waals surface area contributed by atoms with Crippen LogP contribution in [0, 0.1) is 0 Å². The van der Waals surface area contributed by atoms with Gasteiger partial charge in [-0.2, -0.15) is 0 Å². The highest BCUT2D eigenvalue weighted by Gasteiger charge is 2.33. The lowest BCUT2D eigenvalue weighted by Crippen LogP contribution is -2.35. The second kappa shape index (κ2) is 4.91. The van der Waals surface area contributed by atoms with Gasteiger partial charge in [0.2, 0.25) is 0 Å². The average Bonchev–Trinajstić information content (AvgIpc) is 3.01. The van der Waals surface area contributed by atoms with Gasteiger partial charge in [-0.25, -0.2) is 0 Å². The van der Waals surface area contributed by atoms with E-state index in [0.717, 1.165) is 25.0 Å². The molecule has 0 radical (unpaired) electrons. The maximum Gasteiger partial charge on any atom is 0.257 e. The van der Waals surface area contributed by atoms with Crippen molar-refractivity contribution in [3.8, 4) is 0 Å². The Kier molecular flexibility index (Phi) is 3.54. The predicted octanol–water partition coefficient (Wildman–Crippen LogP) is 2.69. The van der Waals surface area contributed by atoms with Gasteiger partial charge in [-0.1, -0.05) is 6.92 Å². The highest BCUT2D eigenvalue weighted by atomic mass is 35.5. The first-order valence-electron chi connectivity index (χ1n) is 5.71. The molecule has 0 bridgehead atoms. The Balaban J connectivity index is 2.15. The van der Waals surface area contributed by atoms with Gasteiger partial charge in [0.25, 0.3) is 5.91 Å². The van der Waals surface area contributed by atoms with Crippen molar-refractivity contribution in [3.05, 3.63) is 23.7 Å². The third-order valence-corrected chi connectivity index (χ3v) is 3.04. The SMILES string of the molecule is CCc1occc1C(=O)N(CCCl)C1CC1. The third kappa shape index (κ3) is 2.24. The lowest BCUT2D eigenvalue weighted by Gasteiger charge is -2.20. The maximum absolute atomic E-state index is 12.3. The molecule has 1 aromatic rings. The zero-order valence-electron chi connectivity index (χ0n) is 9.41. The van der Waals surface area contributed by atoms with E-state index in [1.54, 1.807) is 12.3 Å². The molecular weight excluding hydrogens is 226 g/mol. The topological polar surface area (TPSA) is 33.5 Å². The summed E-state index contributed by atoms with van der Waals surface area (Å²) < 4.78 is 5.28. The second-order valence-electron chi connectivity index (χ2n) is 4.03. The number of rotatable bonds is 5. The first kappa shape index (κ1) is 11.5. The molecule has 0 aliphatic heterocycles. The summed E-state index contributed by atoms with van der Waals surface area (Å²) in [5.41, 5.74) is 0.694. The van der Waals surface area contributed by atoms with E-state index in [1.807, 2.05) is 11.8 Å². The molecule has 16 heavy (non-hydrogen) atoms. The second-order valence-corrected chi connectivity index (χ2v) is 4.41. The van der Waals surface area contributed by atoms with Crippen molar-refractivity contribution in [2.75, 3.05) is 12.4 Å². The fourth-order valence-corrected chi connectivity index (χ4v) is 2.07. The summed E-state index contributed by atoms with van der Waals surface area (Å²) in [6.45, 7) is 2.61. The molecule has 0 N–H and O–H groups in total. The Morgan fingerprint density at radius 2 is 2.38 bits per heavy atom. The molecule has 1 aliphatic rings. The van der Waals surface area contributed by atoms with Crippen LogP contribution in [0.2, 0.25) is 0 Å². The molecule has 1 fully saturated rings. The van der Waals surface area contributed by atoms with E-state index in [4.69, 9.17) is 16.0 Å². The summed E-state index contributed by atoms with van der Waals surface area (Å²) >= 11 is 5.73. The lowest BCUT2D eigenvalue weighted by atomic mass is 10.2. The quantitative estimate of drug-likeness (QED) is 0.743. The van der Waals surface area contributed by atoms with Gasteiger partial charge in [-0.05, 0) is 18.9 Å². The van der Waals surface area contributed by atoms with Crippen LogP contribution in [0.1, 0.15) is 35.9 Å². The van der Waals surface area contributed by atoms with Gasteiger partial charge < -0.3 is 9.32 Å². The van der Waals surface area contributed by atoms with Gasteiger partial charge in [0.05, 0.1) is 11.8 Å². The highest BCUT2D eigenvalue weighted by molar-refractivity contribution is 6.18. The zero-order valence-corrected chi connectivity index (χ0v) is 10.2. The minimum Gasteiger partial charge on any atom is -0.469 e. The van der Waals surface area contributed by atoms with Crippen LogP contribution in [0.15, 0.2) is 16.7 Å². The van der Waals surface area contributed by atoms with E-state index in [9.17, 15) is 4.79 Å². The van der Waals surface area contributed by atoms with Crippen LogP contribution in [0.5, 0.6) is 0 Å². The molecule has 0 saturated heterocycles. The van der Waals surface area contributed by atoms with Gasteiger partial charge in [-0.3, -0.25) is 4.79 Å². The Hall–Kier alpha value is -0.960. The fraction of sp³-hybridized carbons (Fsp3) is 0.583. The van der Waals surface area contributed by atoms with E-state index in [0.29, 0.717) is 24.0 Å². The molecule has 0 spiro atoms. The minimum atomic E-state index is 0.0637. The van der Waals surface area contributed by atoms with Gasteiger partial charge in [0.15, 0.2) is 0 Å². The molecule has 1 heterocycles. The highest BCUT2D eigenvalue weighted by Crippen LogP contribution is 2.29. The van der Waals surface area contributed by atoms with Crippen molar-refractivity contribution < 1.29 is 9.21 Å². The van der Waals surface area contributed by atoms with Crippen molar-refractivity contribution >= 4 is 17.5 Å². The van der Waals surface area contributed by atoms with Crippen LogP contribution in [-0.4, -0.2) is 29.3 Å². The molecule has 0 atom stereocenters. The van der Waals surface area contributed by atoms with E-state index >= 15 is 0 Å². The Bertz CT molecular complexity index is 371. The monoisotopic (exact) mass is 241 g/mol. The summed E-state index contributed by atoms with van der Waals surface area (Å²) in [6.07, 6.45) is 4.52. The summed E-state index contributed by atoms with van der Waals surface area (Å²) in [5, 5.41) is 0. The van der Waals surface area contributed by atoms with Crippen molar-refractivity contribution in [1.82, 2.24) is 4.90 Å². The smallest absolute Gasteiger partial charge is 0.257 e. The average molecular weight is 242 g/mol. The number of hydrogen-bond donors (Lipinski definition) is 0. The Morgan fingerprint density at radius 3 is 2.94 bits per heavy atom. The normalized spacial score (nSPS) is 15.1. The minimum absolute atomic E-state index is 0.0637. The fourth-order valence-electron chi connectivity index (χ4n) is 1.89. The molecule has 1 aromatic heterocycles. The van der Waals surface area contributed by atoms with Crippen LogP contribution >= 0.6 is 11.6 Å². The van der Waals surface area contributed by atoms with E-state index in [-0.39, 0.29) is 5.91 Å². The standard InChI is InChI=1S/C12H16ClNO2/c1-2-11-10(5-8-16-11)12(15)14(7-6-13)9-3-4-9/h5,8-9H,2-4,6-7H2,1H3. The van der Waals surface area contributed by atoms with E-state index in [2.05, 4.69) is 0 Å². The molecule has 2 rings (SSSR count). The van der Waals surface area contributed by atoms with E-state index in [1.165, 1.54) is 0 Å². The Morgan fingerprint density at radius 1 is 1.62 bits per heavy atom. The lowest BCUT2D eigenvalue weighted by molar-refractivity contribution is 0.0751. The number of alkyl halides is 1. The number of carbonyl (C=O) groups excluding carboxylic acids is 1. The van der Waals surface area contributed by atoms with Gasteiger partial charge in [-0.15, -0.1) is 11.6 Å². The van der Waals surface area contributed by atoms with Crippen LogP contribution in [0.25, 0.3) is 0 Å². The van der Waals surface area contributed by atoms with Crippen LogP contribution in [-0.2, 0) is 6.42 Å². The molecule has 0 unspecified atom stereocenters. The van der Waals surface area contributed by atoms with Gasteiger partial charge in [0, 0.05) is 24.9 Å². The van der Waals surface area contributed by atoms with Crippen molar-refractivity contribution in [3.63, 3.8) is 0 Å². The predicted molar refractivity (Wildman–Crippen MR) is 62.9 cm³/mol. The number of furan rings is 1. The maximum atomic E-state index is 12.3. The van der Waals surface area contributed by atoms with Gasteiger partial charge >= 0.3 is 0 Å². The first-order valence-corrected chi connectivity index (χ1v) is 6.24. The number of hydrogen-bond acceptors (Lipinski definition) is 2. The number of aryl methyl sites for hydroxylation is 1. The summed E-state index contributed by atoms with van der Waals surface area (Å²) in [4.78, 5) is 14.1. The van der Waals surface area contributed by atoms with Gasteiger partial charge in [0.1, 0.15) is 5.76 Å². The molecule has 1 amide bonds. The molecular formula is C12H16ClNO2. The molecule has 1 aliphatic carbocycles.